The molecule has 23 heavy (non-hydrogen) atoms. The molecule has 1 fully saturated rings. The number of halogens is 3. The van der Waals surface area contributed by atoms with Gasteiger partial charge in [-0.1, -0.05) is 17.3 Å². The summed E-state index contributed by atoms with van der Waals surface area (Å²) in [6.07, 6.45) is -0.594. The predicted octanol–water partition coefficient (Wildman–Crippen LogP) is 2.78. The van der Waals surface area contributed by atoms with Crippen molar-refractivity contribution in [3.05, 3.63) is 42.2 Å². The molecule has 1 aliphatic heterocycles. The van der Waals surface area contributed by atoms with Crippen molar-refractivity contribution in [2.24, 2.45) is 0 Å². The van der Waals surface area contributed by atoms with Crippen LogP contribution in [0.15, 0.2) is 36.7 Å². The average Bonchev–Trinajstić information content (AvgIpc) is 3.18. The molecule has 1 unspecified atom stereocenters. The van der Waals surface area contributed by atoms with E-state index in [-0.39, 0.29) is 11.7 Å². The summed E-state index contributed by atoms with van der Waals surface area (Å²) in [4.78, 5) is 13.7. The summed E-state index contributed by atoms with van der Waals surface area (Å²) in [6, 6.07) is 4.36. The van der Waals surface area contributed by atoms with E-state index in [0.717, 1.165) is 6.07 Å². The van der Waals surface area contributed by atoms with Gasteiger partial charge in [0.25, 0.3) is 0 Å². The Morgan fingerprint density at radius 1 is 1.30 bits per heavy atom. The van der Waals surface area contributed by atoms with Crippen LogP contribution in [0.2, 0.25) is 0 Å². The van der Waals surface area contributed by atoms with Gasteiger partial charge in [-0.25, -0.2) is 9.48 Å². The lowest BCUT2D eigenvalue weighted by Gasteiger charge is -2.19. The molecule has 2 aromatic rings. The molecule has 1 saturated heterocycles. The van der Waals surface area contributed by atoms with E-state index in [9.17, 15) is 18.0 Å². The summed E-state index contributed by atoms with van der Waals surface area (Å²) in [7, 11) is 0. The fraction of sp³-hybridized carbons (Fsp3) is 0.357. The molecule has 0 aliphatic carbocycles. The van der Waals surface area contributed by atoms with Gasteiger partial charge in [-0.05, 0) is 18.6 Å². The Morgan fingerprint density at radius 2 is 2.09 bits per heavy atom. The van der Waals surface area contributed by atoms with Crippen LogP contribution in [0.4, 0.5) is 23.7 Å². The summed E-state index contributed by atoms with van der Waals surface area (Å²) in [5.41, 5.74) is -1.10. The zero-order valence-corrected chi connectivity index (χ0v) is 12.0. The first-order chi connectivity index (χ1) is 10.9. The van der Waals surface area contributed by atoms with E-state index in [1.54, 1.807) is 17.1 Å². The minimum Gasteiger partial charge on any atom is -0.322 e. The van der Waals surface area contributed by atoms with Crippen molar-refractivity contribution >= 4 is 11.7 Å². The molecule has 6 nitrogen and oxygen atoms in total. The largest absolute Gasteiger partial charge is 0.418 e. The molecule has 0 radical (unpaired) electrons. The van der Waals surface area contributed by atoms with Crippen LogP contribution in [-0.4, -0.2) is 39.0 Å². The number of carbonyl (C=O) groups excluding carboxylic acids is 1. The third kappa shape index (κ3) is 3.27. The molecule has 0 spiro atoms. The van der Waals surface area contributed by atoms with Crippen LogP contribution >= 0.6 is 0 Å². The molecular formula is C14H14F3N5O. The maximum atomic E-state index is 12.9. The predicted molar refractivity (Wildman–Crippen MR) is 75.7 cm³/mol. The second-order valence-corrected chi connectivity index (χ2v) is 5.25. The highest BCUT2D eigenvalue weighted by Crippen LogP contribution is 2.34. The van der Waals surface area contributed by atoms with E-state index in [1.807, 2.05) is 0 Å². The summed E-state index contributed by atoms with van der Waals surface area (Å²) in [6.45, 7) is 0.827. The Morgan fingerprint density at radius 3 is 2.78 bits per heavy atom. The lowest BCUT2D eigenvalue weighted by molar-refractivity contribution is -0.136. The molecule has 1 aliphatic rings. The summed E-state index contributed by atoms with van der Waals surface area (Å²) in [5.74, 6) is 0. The third-order valence-corrected chi connectivity index (χ3v) is 3.74. The van der Waals surface area contributed by atoms with Gasteiger partial charge in [0, 0.05) is 19.3 Å². The number of rotatable bonds is 2. The number of hydrogen-bond acceptors (Lipinski definition) is 3. The van der Waals surface area contributed by atoms with Crippen molar-refractivity contribution in [1.82, 2.24) is 19.9 Å². The Bertz CT molecular complexity index is 686. The summed E-state index contributed by atoms with van der Waals surface area (Å²) < 4.78 is 40.5. The van der Waals surface area contributed by atoms with Crippen molar-refractivity contribution < 1.29 is 18.0 Å². The highest BCUT2D eigenvalue weighted by Gasteiger charge is 2.34. The molecule has 122 valence electrons. The van der Waals surface area contributed by atoms with Crippen LogP contribution in [-0.2, 0) is 6.18 Å². The lowest BCUT2D eigenvalue weighted by Crippen LogP contribution is -2.34. The van der Waals surface area contributed by atoms with Crippen molar-refractivity contribution in [3.63, 3.8) is 0 Å². The minimum absolute atomic E-state index is 0.0129. The van der Waals surface area contributed by atoms with Gasteiger partial charge >= 0.3 is 12.2 Å². The number of benzene rings is 1. The fourth-order valence-corrected chi connectivity index (χ4v) is 2.59. The quantitative estimate of drug-likeness (QED) is 0.923. The van der Waals surface area contributed by atoms with Gasteiger partial charge in [-0.2, -0.15) is 13.2 Å². The molecule has 2 heterocycles. The molecule has 3 rings (SSSR count). The van der Waals surface area contributed by atoms with Crippen LogP contribution in [0.1, 0.15) is 18.0 Å². The summed E-state index contributed by atoms with van der Waals surface area (Å²) in [5, 5.41) is 9.94. The Balaban J connectivity index is 1.69. The number of para-hydroxylation sites is 1. The first kappa shape index (κ1) is 15.3. The molecule has 0 saturated carbocycles. The van der Waals surface area contributed by atoms with Gasteiger partial charge in [-0.15, -0.1) is 5.10 Å². The number of amides is 2. The second kappa shape index (κ2) is 5.90. The smallest absolute Gasteiger partial charge is 0.322 e. The van der Waals surface area contributed by atoms with Gasteiger partial charge in [-0.3, -0.25) is 0 Å². The molecule has 0 bridgehead atoms. The Kier molecular flexibility index (Phi) is 3.93. The molecule has 1 N–H and O–H groups in total. The van der Waals surface area contributed by atoms with Gasteiger partial charge in [0.05, 0.1) is 23.5 Å². The van der Waals surface area contributed by atoms with E-state index in [0.29, 0.717) is 19.5 Å². The molecule has 1 aromatic carbocycles. The Labute approximate surface area is 129 Å². The molecule has 1 aromatic heterocycles. The molecular weight excluding hydrogens is 311 g/mol. The van der Waals surface area contributed by atoms with E-state index < -0.39 is 17.8 Å². The standard InChI is InChI=1S/C14H14F3N5O/c15-14(16,17)11-3-1-2-4-12(11)19-13(23)21-7-5-10(9-21)22-8-6-18-20-22/h1-4,6,8,10H,5,7,9H2,(H,19,23). The van der Waals surface area contributed by atoms with E-state index in [4.69, 9.17) is 0 Å². The number of likely N-dealkylation sites (tertiary alicyclic amines) is 1. The van der Waals surface area contributed by atoms with Gasteiger partial charge in [0.15, 0.2) is 0 Å². The maximum Gasteiger partial charge on any atom is 0.418 e. The van der Waals surface area contributed by atoms with Gasteiger partial charge in [0.1, 0.15) is 0 Å². The first-order valence-electron chi connectivity index (χ1n) is 7.03. The SMILES string of the molecule is O=C(Nc1ccccc1C(F)(F)F)N1CCC(n2ccnn2)C1. The van der Waals surface area contributed by atoms with E-state index >= 15 is 0 Å². The number of hydrogen-bond donors (Lipinski definition) is 1. The highest BCUT2D eigenvalue weighted by atomic mass is 19.4. The number of alkyl halides is 3. The average molecular weight is 325 g/mol. The zero-order chi connectivity index (χ0) is 16.4. The van der Waals surface area contributed by atoms with E-state index in [1.165, 1.54) is 23.1 Å². The van der Waals surface area contributed by atoms with Gasteiger partial charge < -0.3 is 10.2 Å². The fourth-order valence-electron chi connectivity index (χ4n) is 2.59. The minimum atomic E-state index is -4.52. The molecule has 1 atom stereocenters. The highest BCUT2D eigenvalue weighted by molar-refractivity contribution is 5.90. The van der Waals surface area contributed by atoms with Crippen LogP contribution in [0.3, 0.4) is 0 Å². The topological polar surface area (TPSA) is 63.1 Å². The molecule has 9 heteroatoms. The van der Waals surface area contributed by atoms with Crippen molar-refractivity contribution in [2.45, 2.75) is 18.6 Å². The van der Waals surface area contributed by atoms with Crippen molar-refractivity contribution in [1.29, 1.82) is 0 Å². The number of aromatic nitrogens is 3. The third-order valence-electron chi connectivity index (χ3n) is 3.74. The number of anilines is 1. The van der Waals surface area contributed by atoms with Crippen molar-refractivity contribution in [2.75, 3.05) is 18.4 Å². The second-order valence-electron chi connectivity index (χ2n) is 5.25. The van der Waals surface area contributed by atoms with Crippen molar-refractivity contribution in [3.8, 4) is 0 Å². The zero-order valence-electron chi connectivity index (χ0n) is 12.0. The Hall–Kier alpha value is -2.58. The van der Waals surface area contributed by atoms with Crippen LogP contribution < -0.4 is 5.32 Å². The lowest BCUT2D eigenvalue weighted by atomic mass is 10.1. The van der Waals surface area contributed by atoms with Crippen LogP contribution in [0.25, 0.3) is 0 Å². The normalized spacial score (nSPS) is 18.2. The molecule has 2 amide bonds. The number of urea groups is 1. The van der Waals surface area contributed by atoms with Crippen LogP contribution in [0, 0.1) is 0 Å². The summed E-state index contributed by atoms with van der Waals surface area (Å²) >= 11 is 0. The number of carbonyl (C=O) groups is 1. The van der Waals surface area contributed by atoms with Gasteiger partial charge in [0.2, 0.25) is 0 Å². The van der Waals surface area contributed by atoms with Crippen LogP contribution in [0.5, 0.6) is 0 Å². The number of nitrogens with zero attached hydrogens (tertiary/aromatic N) is 4. The monoisotopic (exact) mass is 325 g/mol. The van der Waals surface area contributed by atoms with E-state index in [2.05, 4.69) is 15.6 Å². The first-order valence-corrected chi connectivity index (χ1v) is 7.03. The number of nitrogens with one attached hydrogen (secondary N) is 1. The maximum absolute atomic E-state index is 12.9.